The molecule has 0 saturated carbocycles. The second-order valence-corrected chi connectivity index (χ2v) is 9.47. The van der Waals surface area contributed by atoms with E-state index in [1.807, 2.05) is 0 Å². The number of nitrogens with zero attached hydrogens (tertiary/aromatic N) is 1. The standard InChI is InChI=1S/C31H40N2O2/c1-25-28(14-8-16-30(25)34-22-10-18-32-24-27-12-4-3-5-13-27)29-15-9-17-31(26(29)2)35-23-11-21-33-19-6-7-20-33/h3-5,8-9,12-17,32H,6-7,10-11,18-24H2,1-2H3. The lowest BCUT2D eigenvalue weighted by molar-refractivity contribution is 0.262. The van der Waals surface area contributed by atoms with Gasteiger partial charge in [0.05, 0.1) is 13.2 Å². The van der Waals surface area contributed by atoms with Crippen LogP contribution >= 0.6 is 0 Å². The van der Waals surface area contributed by atoms with Gasteiger partial charge in [-0.05, 0) is 99.1 Å². The zero-order valence-corrected chi connectivity index (χ0v) is 21.4. The van der Waals surface area contributed by atoms with Gasteiger partial charge in [-0.3, -0.25) is 0 Å². The number of likely N-dealkylation sites (tertiary alicyclic amines) is 1. The van der Waals surface area contributed by atoms with Crippen LogP contribution in [0.4, 0.5) is 0 Å². The van der Waals surface area contributed by atoms with Crippen molar-refractivity contribution in [2.24, 2.45) is 0 Å². The molecule has 1 aliphatic heterocycles. The Morgan fingerprint density at radius 3 is 1.94 bits per heavy atom. The number of nitrogens with one attached hydrogen (secondary N) is 1. The summed E-state index contributed by atoms with van der Waals surface area (Å²) in [6.07, 6.45) is 4.73. The predicted octanol–water partition coefficient (Wildman–Crippen LogP) is 6.39. The Morgan fingerprint density at radius 1 is 0.714 bits per heavy atom. The molecule has 4 rings (SSSR count). The minimum absolute atomic E-state index is 0.700. The molecule has 4 nitrogen and oxygen atoms in total. The van der Waals surface area contributed by atoms with Gasteiger partial charge in [0.1, 0.15) is 11.5 Å². The summed E-state index contributed by atoms with van der Waals surface area (Å²) in [6.45, 7) is 11.2. The molecular weight excluding hydrogens is 432 g/mol. The summed E-state index contributed by atoms with van der Waals surface area (Å²) in [5.74, 6) is 1.95. The molecule has 0 aromatic heterocycles. The summed E-state index contributed by atoms with van der Waals surface area (Å²) >= 11 is 0. The summed E-state index contributed by atoms with van der Waals surface area (Å²) < 4.78 is 12.4. The van der Waals surface area contributed by atoms with E-state index >= 15 is 0 Å². The maximum atomic E-state index is 6.20. The fraction of sp³-hybridized carbons (Fsp3) is 0.419. The molecular formula is C31H40N2O2. The van der Waals surface area contributed by atoms with E-state index < -0.39 is 0 Å². The van der Waals surface area contributed by atoms with Crippen LogP contribution in [0.1, 0.15) is 42.4 Å². The van der Waals surface area contributed by atoms with Crippen LogP contribution < -0.4 is 14.8 Å². The van der Waals surface area contributed by atoms with Gasteiger partial charge in [-0.1, -0.05) is 54.6 Å². The Balaban J connectivity index is 1.28. The quantitative estimate of drug-likeness (QED) is 0.292. The fourth-order valence-corrected chi connectivity index (χ4v) is 4.81. The van der Waals surface area contributed by atoms with Gasteiger partial charge in [0.2, 0.25) is 0 Å². The monoisotopic (exact) mass is 472 g/mol. The van der Waals surface area contributed by atoms with Crippen molar-refractivity contribution < 1.29 is 9.47 Å². The Morgan fingerprint density at radius 2 is 1.31 bits per heavy atom. The Hall–Kier alpha value is -2.82. The number of hydrogen-bond donors (Lipinski definition) is 1. The van der Waals surface area contributed by atoms with Gasteiger partial charge >= 0.3 is 0 Å². The summed E-state index contributed by atoms with van der Waals surface area (Å²) in [6, 6.07) is 23.2. The molecule has 1 saturated heterocycles. The molecule has 0 unspecified atom stereocenters. The van der Waals surface area contributed by atoms with Crippen LogP contribution in [0.15, 0.2) is 66.7 Å². The third-order valence-corrected chi connectivity index (χ3v) is 6.86. The molecule has 35 heavy (non-hydrogen) atoms. The van der Waals surface area contributed by atoms with Crippen molar-refractivity contribution in [1.82, 2.24) is 10.2 Å². The van der Waals surface area contributed by atoms with Crippen LogP contribution in [-0.2, 0) is 6.54 Å². The molecule has 3 aromatic rings. The summed E-state index contributed by atoms with van der Waals surface area (Å²) in [4.78, 5) is 2.54. The Kier molecular flexibility index (Phi) is 9.62. The first-order chi connectivity index (χ1) is 17.2. The van der Waals surface area contributed by atoms with Crippen LogP contribution in [0.25, 0.3) is 11.1 Å². The van der Waals surface area contributed by atoms with Gasteiger partial charge < -0.3 is 19.7 Å². The zero-order valence-electron chi connectivity index (χ0n) is 21.4. The lowest BCUT2D eigenvalue weighted by Crippen LogP contribution is -2.22. The average molecular weight is 473 g/mol. The van der Waals surface area contributed by atoms with Crippen LogP contribution in [0.3, 0.4) is 0 Å². The minimum atomic E-state index is 0.700. The van der Waals surface area contributed by atoms with Gasteiger partial charge in [-0.15, -0.1) is 0 Å². The number of benzene rings is 3. The summed E-state index contributed by atoms with van der Waals surface area (Å²) in [5, 5.41) is 3.49. The lowest BCUT2D eigenvalue weighted by Gasteiger charge is -2.18. The molecule has 0 atom stereocenters. The van der Waals surface area contributed by atoms with Gasteiger partial charge in [-0.25, -0.2) is 0 Å². The van der Waals surface area contributed by atoms with Crippen LogP contribution in [0.2, 0.25) is 0 Å². The Labute approximate surface area is 211 Å². The highest BCUT2D eigenvalue weighted by molar-refractivity contribution is 5.74. The molecule has 0 aliphatic carbocycles. The first-order valence-corrected chi connectivity index (χ1v) is 13.1. The molecule has 1 fully saturated rings. The zero-order chi connectivity index (χ0) is 24.3. The van der Waals surface area contributed by atoms with Crippen LogP contribution in [0.5, 0.6) is 11.5 Å². The van der Waals surface area contributed by atoms with Crippen molar-refractivity contribution in [3.05, 3.63) is 83.4 Å². The van der Waals surface area contributed by atoms with E-state index in [-0.39, 0.29) is 0 Å². The second kappa shape index (κ2) is 13.3. The van der Waals surface area contributed by atoms with Crippen molar-refractivity contribution in [2.75, 3.05) is 39.4 Å². The number of hydrogen-bond acceptors (Lipinski definition) is 4. The van der Waals surface area contributed by atoms with E-state index in [0.717, 1.165) is 50.6 Å². The molecule has 1 heterocycles. The molecule has 1 N–H and O–H groups in total. The van der Waals surface area contributed by atoms with Crippen LogP contribution in [0, 0.1) is 13.8 Å². The van der Waals surface area contributed by atoms with Crippen molar-refractivity contribution in [3.63, 3.8) is 0 Å². The van der Waals surface area contributed by atoms with Gasteiger partial charge in [-0.2, -0.15) is 0 Å². The second-order valence-electron chi connectivity index (χ2n) is 9.47. The summed E-state index contributed by atoms with van der Waals surface area (Å²) in [5.41, 5.74) is 6.11. The Bertz CT molecular complexity index is 1050. The van der Waals surface area contributed by atoms with Crippen LogP contribution in [-0.4, -0.2) is 44.3 Å². The SMILES string of the molecule is Cc1c(OCCCNCc2ccccc2)cccc1-c1cccc(OCCCN2CCCC2)c1C. The highest BCUT2D eigenvalue weighted by Crippen LogP contribution is 2.35. The molecule has 3 aromatic carbocycles. The molecule has 186 valence electrons. The minimum Gasteiger partial charge on any atom is -0.493 e. The topological polar surface area (TPSA) is 33.7 Å². The predicted molar refractivity (Wildman–Crippen MR) is 145 cm³/mol. The van der Waals surface area contributed by atoms with E-state index in [0.29, 0.717) is 6.61 Å². The van der Waals surface area contributed by atoms with E-state index in [1.54, 1.807) is 0 Å². The van der Waals surface area contributed by atoms with E-state index in [4.69, 9.17) is 9.47 Å². The van der Waals surface area contributed by atoms with Crippen molar-refractivity contribution >= 4 is 0 Å². The average Bonchev–Trinajstić information content (AvgIpc) is 3.40. The maximum absolute atomic E-state index is 6.20. The van der Waals surface area contributed by atoms with Crippen molar-refractivity contribution in [3.8, 4) is 22.6 Å². The first kappa shape index (κ1) is 25.3. The van der Waals surface area contributed by atoms with Crippen molar-refractivity contribution in [1.29, 1.82) is 0 Å². The fourth-order valence-electron chi connectivity index (χ4n) is 4.81. The van der Waals surface area contributed by atoms with Crippen molar-refractivity contribution in [2.45, 2.75) is 46.1 Å². The molecule has 1 aliphatic rings. The molecule has 0 spiro atoms. The third-order valence-electron chi connectivity index (χ3n) is 6.86. The van der Waals surface area contributed by atoms with Gasteiger partial charge in [0.15, 0.2) is 0 Å². The first-order valence-electron chi connectivity index (χ1n) is 13.1. The van der Waals surface area contributed by atoms with Gasteiger partial charge in [0.25, 0.3) is 0 Å². The molecule has 0 bridgehead atoms. The smallest absolute Gasteiger partial charge is 0.122 e. The lowest BCUT2D eigenvalue weighted by atomic mass is 9.95. The molecule has 0 amide bonds. The normalized spacial score (nSPS) is 13.8. The highest BCUT2D eigenvalue weighted by atomic mass is 16.5. The third kappa shape index (κ3) is 7.33. The largest absolute Gasteiger partial charge is 0.493 e. The highest BCUT2D eigenvalue weighted by Gasteiger charge is 2.13. The maximum Gasteiger partial charge on any atom is 0.122 e. The summed E-state index contributed by atoms with van der Waals surface area (Å²) in [7, 11) is 0. The van der Waals surface area contributed by atoms with E-state index in [2.05, 4.69) is 90.8 Å². The van der Waals surface area contributed by atoms with E-state index in [9.17, 15) is 0 Å². The number of ether oxygens (including phenoxy) is 2. The van der Waals surface area contributed by atoms with Gasteiger partial charge in [0, 0.05) is 13.1 Å². The molecule has 0 radical (unpaired) electrons. The van der Waals surface area contributed by atoms with E-state index in [1.165, 1.54) is 53.7 Å². The molecule has 4 heteroatoms. The number of rotatable bonds is 13.